The Hall–Kier alpha value is -1.80. The largest absolute Gasteiger partial charge is 0.484 e. The van der Waals surface area contributed by atoms with Crippen LogP contribution in [0.5, 0.6) is 5.75 Å². The molecule has 0 aliphatic carbocycles. The van der Waals surface area contributed by atoms with Crippen molar-refractivity contribution >= 4 is 17.4 Å². The number of hydrogen-bond donors (Lipinski definition) is 0. The van der Waals surface area contributed by atoms with Crippen molar-refractivity contribution in [2.45, 2.75) is 12.5 Å². The Labute approximate surface area is 110 Å². The van der Waals surface area contributed by atoms with Crippen molar-refractivity contribution in [3.63, 3.8) is 0 Å². The predicted molar refractivity (Wildman–Crippen MR) is 70.2 cm³/mol. The highest BCUT2D eigenvalue weighted by molar-refractivity contribution is 6.30. The third-order valence-electron chi connectivity index (χ3n) is 3.07. The molecule has 0 amide bonds. The maximum absolute atomic E-state index is 12.0. The summed E-state index contributed by atoms with van der Waals surface area (Å²) in [5, 5.41) is 0.682. The molecule has 0 spiro atoms. The third-order valence-corrected chi connectivity index (χ3v) is 3.32. The summed E-state index contributed by atoms with van der Waals surface area (Å²) >= 11 is 5.85. The Morgan fingerprint density at radius 1 is 1.06 bits per heavy atom. The molecule has 0 saturated carbocycles. The minimum Gasteiger partial charge on any atom is -0.484 e. The fourth-order valence-corrected chi connectivity index (χ4v) is 2.26. The second-order valence-corrected chi connectivity index (χ2v) is 4.72. The zero-order chi connectivity index (χ0) is 12.5. The summed E-state index contributed by atoms with van der Waals surface area (Å²) in [6, 6.07) is 14.8. The molecule has 1 heterocycles. The molecular formula is C15H11ClO2. The van der Waals surface area contributed by atoms with E-state index in [9.17, 15) is 4.79 Å². The molecule has 0 fully saturated rings. The van der Waals surface area contributed by atoms with Gasteiger partial charge in [-0.3, -0.25) is 4.79 Å². The molecule has 0 aromatic heterocycles. The molecule has 0 saturated heterocycles. The number of rotatable bonds is 1. The first-order valence-electron chi connectivity index (χ1n) is 5.78. The van der Waals surface area contributed by atoms with E-state index in [-0.39, 0.29) is 11.9 Å². The van der Waals surface area contributed by atoms with E-state index in [1.165, 1.54) is 0 Å². The van der Waals surface area contributed by atoms with Gasteiger partial charge in [-0.05, 0) is 29.8 Å². The van der Waals surface area contributed by atoms with Crippen LogP contribution in [0.3, 0.4) is 0 Å². The summed E-state index contributed by atoms with van der Waals surface area (Å²) in [6.45, 7) is 0. The zero-order valence-corrected chi connectivity index (χ0v) is 10.4. The molecule has 1 aliphatic heterocycles. The van der Waals surface area contributed by atoms with Crippen molar-refractivity contribution in [1.29, 1.82) is 0 Å². The van der Waals surface area contributed by atoms with Crippen molar-refractivity contribution < 1.29 is 9.53 Å². The van der Waals surface area contributed by atoms with Gasteiger partial charge < -0.3 is 4.74 Å². The Morgan fingerprint density at radius 3 is 2.56 bits per heavy atom. The van der Waals surface area contributed by atoms with Crippen LogP contribution in [0.25, 0.3) is 0 Å². The van der Waals surface area contributed by atoms with Gasteiger partial charge in [-0.25, -0.2) is 0 Å². The molecule has 18 heavy (non-hydrogen) atoms. The average molecular weight is 259 g/mol. The lowest BCUT2D eigenvalue weighted by molar-refractivity contribution is 0.0850. The van der Waals surface area contributed by atoms with E-state index in [1.807, 2.05) is 42.5 Å². The Kier molecular flexibility index (Phi) is 2.80. The first-order chi connectivity index (χ1) is 8.74. The van der Waals surface area contributed by atoms with Gasteiger partial charge in [0.25, 0.3) is 0 Å². The van der Waals surface area contributed by atoms with Gasteiger partial charge in [0, 0.05) is 5.02 Å². The van der Waals surface area contributed by atoms with Crippen molar-refractivity contribution in [2.75, 3.05) is 0 Å². The standard InChI is InChI=1S/C15H11ClO2/c16-11-7-5-10(6-8-11)15-9-13(17)12-3-1-2-4-14(12)18-15/h1-8,15H,9H2. The van der Waals surface area contributed by atoms with Gasteiger partial charge in [0.2, 0.25) is 0 Å². The normalized spacial score (nSPS) is 18.1. The number of halogens is 1. The number of hydrogen-bond acceptors (Lipinski definition) is 2. The Balaban J connectivity index is 1.94. The summed E-state index contributed by atoms with van der Waals surface area (Å²) in [6.07, 6.45) is 0.156. The molecule has 0 N–H and O–H groups in total. The van der Waals surface area contributed by atoms with Gasteiger partial charge in [-0.2, -0.15) is 0 Å². The molecule has 90 valence electrons. The number of para-hydroxylation sites is 1. The molecular weight excluding hydrogens is 248 g/mol. The van der Waals surface area contributed by atoms with Crippen LogP contribution in [0.2, 0.25) is 5.02 Å². The molecule has 1 unspecified atom stereocenters. The topological polar surface area (TPSA) is 26.3 Å². The van der Waals surface area contributed by atoms with Crippen LogP contribution in [0.1, 0.15) is 28.4 Å². The number of Topliss-reactive ketones (excluding diaryl/α,β-unsaturated/α-hetero) is 1. The number of carbonyl (C=O) groups is 1. The van der Waals surface area contributed by atoms with Gasteiger partial charge in [0.1, 0.15) is 11.9 Å². The maximum atomic E-state index is 12.0. The molecule has 0 radical (unpaired) electrons. The fourth-order valence-electron chi connectivity index (χ4n) is 2.14. The highest BCUT2D eigenvalue weighted by Gasteiger charge is 2.26. The summed E-state index contributed by atoms with van der Waals surface area (Å²) in [4.78, 5) is 12.0. The van der Waals surface area contributed by atoms with E-state index in [0.717, 1.165) is 5.56 Å². The van der Waals surface area contributed by atoms with Gasteiger partial charge in [-0.15, -0.1) is 0 Å². The maximum Gasteiger partial charge on any atom is 0.170 e. The first-order valence-corrected chi connectivity index (χ1v) is 6.16. The average Bonchev–Trinajstić information content (AvgIpc) is 2.39. The monoisotopic (exact) mass is 258 g/mol. The van der Waals surface area contributed by atoms with Gasteiger partial charge in [0.05, 0.1) is 12.0 Å². The van der Waals surface area contributed by atoms with Crippen LogP contribution < -0.4 is 4.74 Å². The molecule has 1 atom stereocenters. The van der Waals surface area contributed by atoms with Crippen molar-refractivity contribution in [1.82, 2.24) is 0 Å². The quantitative estimate of drug-likeness (QED) is 0.771. The van der Waals surface area contributed by atoms with Gasteiger partial charge in [-0.1, -0.05) is 35.9 Å². The lowest BCUT2D eigenvalue weighted by Gasteiger charge is -2.25. The van der Waals surface area contributed by atoms with E-state index in [0.29, 0.717) is 22.8 Å². The molecule has 2 aromatic rings. The minimum atomic E-state index is -0.218. The van der Waals surface area contributed by atoms with E-state index in [4.69, 9.17) is 16.3 Å². The molecule has 3 heteroatoms. The second-order valence-electron chi connectivity index (χ2n) is 4.28. The van der Waals surface area contributed by atoms with Crippen LogP contribution in [-0.4, -0.2) is 5.78 Å². The number of carbonyl (C=O) groups excluding carboxylic acids is 1. The fraction of sp³-hybridized carbons (Fsp3) is 0.133. The lowest BCUT2D eigenvalue weighted by Crippen LogP contribution is -2.20. The molecule has 2 aromatic carbocycles. The van der Waals surface area contributed by atoms with Crippen molar-refractivity contribution in [3.05, 3.63) is 64.7 Å². The van der Waals surface area contributed by atoms with E-state index in [1.54, 1.807) is 6.07 Å². The van der Waals surface area contributed by atoms with Crippen molar-refractivity contribution in [2.24, 2.45) is 0 Å². The minimum absolute atomic E-state index is 0.122. The third kappa shape index (κ3) is 2.00. The van der Waals surface area contributed by atoms with Gasteiger partial charge >= 0.3 is 0 Å². The first kappa shape index (κ1) is 11.3. The van der Waals surface area contributed by atoms with Crippen LogP contribution in [0.15, 0.2) is 48.5 Å². The van der Waals surface area contributed by atoms with Crippen LogP contribution >= 0.6 is 11.6 Å². The highest BCUT2D eigenvalue weighted by atomic mass is 35.5. The van der Waals surface area contributed by atoms with Crippen LogP contribution in [0.4, 0.5) is 0 Å². The number of benzene rings is 2. The molecule has 3 rings (SSSR count). The smallest absolute Gasteiger partial charge is 0.170 e. The summed E-state index contributed by atoms with van der Waals surface area (Å²) in [5.41, 5.74) is 1.64. The number of fused-ring (bicyclic) bond motifs is 1. The Bertz CT molecular complexity index is 590. The molecule has 1 aliphatic rings. The summed E-state index contributed by atoms with van der Waals surface area (Å²) in [5.74, 6) is 0.783. The molecule has 2 nitrogen and oxygen atoms in total. The predicted octanol–water partition coefficient (Wildman–Crippen LogP) is 4.05. The Morgan fingerprint density at radius 2 is 1.78 bits per heavy atom. The molecule has 0 bridgehead atoms. The summed E-state index contributed by atoms with van der Waals surface area (Å²) in [7, 11) is 0. The van der Waals surface area contributed by atoms with Gasteiger partial charge in [0.15, 0.2) is 5.78 Å². The van der Waals surface area contributed by atoms with Crippen LogP contribution in [-0.2, 0) is 0 Å². The summed E-state index contributed by atoms with van der Waals surface area (Å²) < 4.78 is 5.86. The lowest BCUT2D eigenvalue weighted by atomic mass is 9.96. The van der Waals surface area contributed by atoms with E-state index >= 15 is 0 Å². The van der Waals surface area contributed by atoms with Crippen LogP contribution in [0, 0.1) is 0 Å². The van der Waals surface area contributed by atoms with Crippen molar-refractivity contribution in [3.8, 4) is 5.75 Å². The number of ketones is 1. The zero-order valence-electron chi connectivity index (χ0n) is 9.60. The SMILES string of the molecule is O=C1CC(c2ccc(Cl)cc2)Oc2ccccc21. The highest BCUT2D eigenvalue weighted by Crippen LogP contribution is 2.34. The van der Waals surface area contributed by atoms with E-state index in [2.05, 4.69) is 0 Å². The second kappa shape index (κ2) is 4.46. The van der Waals surface area contributed by atoms with E-state index < -0.39 is 0 Å². The number of ether oxygens (including phenoxy) is 1.